The summed E-state index contributed by atoms with van der Waals surface area (Å²) in [5.74, 6) is 1.06. The van der Waals surface area contributed by atoms with Crippen molar-refractivity contribution in [3.05, 3.63) is 48.0 Å². The van der Waals surface area contributed by atoms with Gasteiger partial charge in [0.15, 0.2) is 0 Å². The molecule has 1 fully saturated rings. The van der Waals surface area contributed by atoms with Gasteiger partial charge in [0.05, 0.1) is 13.1 Å². The molecule has 1 amide bonds. The van der Waals surface area contributed by atoms with Crippen LogP contribution >= 0.6 is 0 Å². The molecule has 5 nitrogen and oxygen atoms in total. The third kappa shape index (κ3) is 2.65. The van der Waals surface area contributed by atoms with Gasteiger partial charge in [-0.15, -0.1) is 0 Å². The lowest BCUT2D eigenvalue weighted by atomic mass is 10.2. The van der Waals surface area contributed by atoms with Crippen molar-refractivity contribution < 1.29 is 4.79 Å². The molecule has 1 aromatic heterocycles. The van der Waals surface area contributed by atoms with Crippen molar-refractivity contribution >= 4 is 5.91 Å². The summed E-state index contributed by atoms with van der Waals surface area (Å²) in [6.45, 7) is 2.08. The summed E-state index contributed by atoms with van der Waals surface area (Å²) in [7, 11) is 0. The Kier molecular flexibility index (Phi) is 3.27. The smallest absolute Gasteiger partial charge is 0.223 e. The van der Waals surface area contributed by atoms with Gasteiger partial charge in [-0.3, -0.25) is 4.79 Å². The number of nitrogens with zero attached hydrogens (tertiary/aromatic N) is 4. The number of hydrogen-bond donors (Lipinski definition) is 0. The Morgan fingerprint density at radius 1 is 1.16 bits per heavy atom. The zero-order valence-electron chi connectivity index (χ0n) is 10.7. The second-order valence-corrected chi connectivity index (χ2v) is 4.74. The topological polar surface area (TPSA) is 51.0 Å². The molecule has 0 aliphatic carbocycles. The number of aromatic nitrogens is 3. The molecule has 1 aromatic carbocycles. The maximum Gasteiger partial charge on any atom is 0.223 e. The quantitative estimate of drug-likeness (QED) is 0.832. The first kappa shape index (κ1) is 11.9. The highest BCUT2D eigenvalue weighted by Crippen LogP contribution is 2.13. The average Bonchev–Trinajstić information content (AvgIpc) is 3.02. The van der Waals surface area contributed by atoms with Gasteiger partial charge in [-0.2, -0.15) is 5.10 Å². The van der Waals surface area contributed by atoms with Gasteiger partial charge in [-0.1, -0.05) is 30.3 Å². The van der Waals surface area contributed by atoms with E-state index in [2.05, 4.69) is 22.2 Å². The highest BCUT2D eigenvalue weighted by Gasteiger charge is 2.21. The highest BCUT2D eigenvalue weighted by molar-refractivity contribution is 5.77. The first-order valence-electron chi connectivity index (χ1n) is 6.51. The standard InChI is InChI=1S/C14H16N4O/c19-14-7-4-8-17(14)10-13-15-11-16-18(13)9-12-5-2-1-3-6-12/h1-3,5-6,11H,4,7-10H2. The Morgan fingerprint density at radius 3 is 2.74 bits per heavy atom. The number of amides is 1. The van der Waals surface area contributed by atoms with Crippen molar-refractivity contribution in [3.8, 4) is 0 Å². The molecule has 1 saturated heterocycles. The van der Waals surface area contributed by atoms with E-state index in [9.17, 15) is 4.79 Å². The predicted octanol–water partition coefficient (Wildman–Crippen LogP) is 1.45. The molecule has 2 heterocycles. The van der Waals surface area contributed by atoms with Gasteiger partial charge in [-0.25, -0.2) is 9.67 Å². The minimum Gasteiger partial charge on any atom is -0.335 e. The lowest BCUT2D eigenvalue weighted by molar-refractivity contribution is -0.128. The van der Waals surface area contributed by atoms with E-state index in [0.717, 1.165) is 18.8 Å². The molecule has 0 radical (unpaired) electrons. The molecule has 0 spiro atoms. The SMILES string of the molecule is O=C1CCCN1Cc1ncnn1Cc1ccccc1. The summed E-state index contributed by atoms with van der Waals surface area (Å²) in [5.41, 5.74) is 1.18. The van der Waals surface area contributed by atoms with Crippen LogP contribution in [0.4, 0.5) is 0 Å². The summed E-state index contributed by atoms with van der Waals surface area (Å²) < 4.78 is 1.86. The molecule has 0 atom stereocenters. The van der Waals surface area contributed by atoms with Crippen molar-refractivity contribution in [2.75, 3.05) is 6.54 Å². The van der Waals surface area contributed by atoms with E-state index in [1.807, 2.05) is 27.8 Å². The second-order valence-electron chi connectivity index (χ2n) is 4.74. The summed E-state index contributed by atoms with van der Waals surface area (Å²) in [6.07, 6.45) is 3.16. The van der Waals surface area contributed by atoms with Crippen molar-refractivity contribution in [2.45, 2.75) is 25.9 Å². The van der Waals surface area contributed by atoms with Crippen LogP contribution in [0.15, 0.2) is 36.7 Å². The lowest BCUT2D eigenvalue weighted by Crippen LogP contribution is -2.26. The van der Waals surface area contributed by atoms with E-state index in [0.29, 0.717) is 19.5 Å². The van der Waals surface area contributed by atoms with Gasteiger partial charge in [-0.05, 0) is 12.0 Å². The summed E-state index contributed by atoms with van der Waals surface area (Å²) >= 11 is 0. The Labute approximate surface area is 111 Å². The molecule has 3 rings (SSSR count). The van der Waals surface area contributed by atoms with Gasteiger partial charge >= 0.3 is 0 Å². The largest absolute Gasteiger partial charge is 0.335 e. The van der Waals surface area contributed by atoms with E-state index in [1.165, 1.54) is 5.56 Å². The van der Waals surface area contributed by atoms with E-state index in [-0.39, 0.29) is 5.91 Å². The van der Waals surface area contributed by atoms with Gasteiger partial charge in [0, 0.05) is 13.0 Å². The number of likely N-dealkylation sites (tertiary alicyclic amines) is 1. The minimum absolute atomic E-state index is 0.217. The molecule has 98 valence electrons. The van der Waals surface area contributed by atoms with Crippen molar-refractivity contribution in [2.24, 2.45) is 0 Å². The molecule has 19 heavy (non-hydrogen) atoms. The molecular formula is C14H16N4O. The summed E-state index contributed by atoms with van der Waals surface area (Å²) in [5, 5.41) is 4.25. The van der Waals surface area contributed by atoms with Crippen LogP contribution in [0.5, 0.6) is 0 Å². The molecule has 0 N–H and O–H groups in total. The molecule has 2 aromatic rings. The second kappa shape index (κ2) is 5.22. The molecular weight excluding hydrogens is 240 g/mol. The Hall–Kier alpha value is -2.17. The van der Waals surface area contributed by atoms with Crippen LogP contribution in [-0.2, 0) is 17.9 Å². The monoisotopic (exact) mass is 256 g/mol. The third-order valence-electron chi connectivity index (χ3n) is 3.37. The predicted molar refractivity (Wildman–Crippen MR) is 70.2 cm³/mol. The Morgan fingerprint density at radius 2 is 2.00 bits per heavy atom. The fraction of sp³-hybridized carbons (Fsp3) is 0.357. The summed E-state index contributed by atoms with van der Waals surface area (Å²) in [4.78, 5) is 17.8. The summed E-state index contributed by atoms with van der Waals surface area (Å²) in [6, 6.07) is 10.1. The zero-order valence-corrected chi connectivity index (χ0v) is 10.7. The Bertz CT molecular complexity index is 564. The van der Waals surface area contributed by atoms with Crippen LogP contribution in [0.3, 0.4) is 0 Å². The fourth-order valence-corrected chi connectivity index (χ4v) is 2.34. The highest BCUT2D eigenvalue weighted by atomic mass is 16.2. The van der Waals surface area contributed by atoms with E-state index >= 15 is 0 Å². The van der Waals surface area contributed by atoms with Crippen LogP contribution < -0.4 is 0 Å². The zero-order chi connectivity index (χ0) is 13.1. The third-order valence-corrected chi connectivity index (χ3v) is 3.37. The average molecular weight is 256 g/mol. The van der Waals surface area contributed by atoms with Gasteiger partial charge in [0.25, 0.3) is 0 Å². The molecule has 1 aliphatic rings. The van der Waals surface area contributed by atoms with Crippen LogP contribution in [0.25, 0.3) is 0 Å². The van der Waals surface area contributed by atoms with Crippen molar-refractivity contribution in [3.63, 3.8) is 0 Å². The van der Waals surface area contributed by atoms with Crippen LogP contribution in [-0.4, -0.2) is 32.1 Å². The molecule has 0 bridgehead atoms. The molecule has 5 heteroatoms. The first-order chi connectivity index (χ1) is 9.33. The molecule has 1 aliphatic heterocycles. The van der Waals surface area contributed by atoms with Crippen molar-refractivity contribution in [1.29, 1.82) is 0 Å². The van der Waals surface area contributed by atoms with Crippen LogP contribution in [0, 0.1) is 0 Å². The van der Waals surface area contributed by atoms with Crippen LogP contribution in [0.1, 0.15) is 24.2 Å². The van der Waals surface area contributed by atoms with E-state index < -0.39 is 0 Å². The number of carbonyl (C=O) groups is 1. The maximum absolute atomic E-state index is 11.6. The minimum atomic E-state index is 0.217. The number of carbonyl (C=O) groups excluding carboxylic acids is 1. The number of rotatable bonds is 4. The fourth-order valence-electron chi connectivity index (χ4n) is 2.34. The van der Waals surface area contributed by atoms with Gasteiger partial charge in [0.1, 0.15) is 12.2 Å². The first-order valence-corrected chi connectivity index (χ1v) is 6.51. The van der Waals surface area contributed by atoms with Crippen LogP contribution in [0.2, 0.25) is 0 Å². The van der Waals surface area contributed by atoms with E-state index in [4.69, 9.17) is 0 Å². The Balaban J connectivity index is 1.73. The molecule has 0 unspecified atom stereocenters. The number of hydrogen-bond acceptors (Lipinski definition) is 3. The molecule has 0 saturated carbocycles. The van der Waals surface area contributed by atoms with E-state index in [1.54, 1.807) is 6.33 Å². The van der Waals surface area contributed by atoms with Gasteiger partial charge in [0.2, 0.25) is 5.91 Å². The maximum atomic E-state index is 11.6. The van der Waals surface area contributed by atoms with Gasteiger partial charge < -0.3 is 4.90 Å². The lowest BCUT2D eigenvalue weighted by Gasteiger charge is -2.15. The normalized spacial score (nSPS) is 15.2. The number of benzene rings is 1. The van der Waals surface area contributed by atoms with Crippen molar-refractivity contribution in [1.82, 2.24) is 19.7 Å².